The molecule has 2 aromatic rings. The fourth-order valence-corrected chi connectivity index (χ4v) is 2.54. The lowest BCUT2D eigenvalue weighted by Gasteiger charge is -1.98. The molecular formula is C12H13NO2S. The second-order valence-corrected chi connectivity index (χ2v) is 4.83. The Morgan fingerprint density at radius 2 is 2.31 bits per heavy atom. The van der Waals surface area contributed by atoms with Crippen LogP contribution in [0.2, 0.25) is 0 Å². The molecule has 0 spiro atoms. The lowest BCUT2D eigenvalue weighted by atomic mass is 10.2. The molecule has 2 rings (SSSR count). The molecule has 0 bridgehead atoms. The summed E-state index contributed by atoms with van der Waals surface area (Å²) in [5.74, 6) is -0.139. The van der Waals surface area contributed by atoms with Gasteiger partial charge in [-0.2, -0.15) is 0 Å². The minimum Gasteiger partial charge on any atom is -0.481 e. The van der Waals surface area contributed by atoms with Gasteiger partial charge in [-0.25, -0.2) is 0 Å². The number of thioether (sulfide) groups is 1. The topological polar surface area (TPSA) is 53.1 Å². The van der Waals surface area contributed by atoms with Gasteiger partial charge >= 0.3 is 5.97 Å². The molecule has 0 aliphatic rings. The minimum atomic E-state index is -0.747. The number of aromatic nitrogens is 1. The van der Waals surface area contributed by atoms with Crippen LogP contribution in [-0.4, -0.2) is 21.8 Å². The van der Waals surface area contributed by atoms with Crippen LogP contribution in [0.5, 0.6) is 0 Å². The standard InChI is InChI=1S/C12H13NO2S/c1-8-2-3-10-9(6-8)11(7-13-10)16-5-4-12(14)15/h2-3,6-7,13H,4-5H2,1H3,(H,14,15). The van der Waals surface area contributed by atoms with E-state index in [0.29, 0.717) is 5.75 Å². The average Bonchev–Trinajstić information content (AvgIpc) is 2.60. The normalized spacial score (nSPS) is 10.8. The first-order valence-electron chi connectivity index (χ1n) is 5.09. The van der Waals surface area contributed by atoms with Gasteiger partial charge in [0, 0.05) is 27.7 Å². The number of carbonyl (C=O) groups is 1. The molecule has 1 heterocycles. The molecule has 3 nitrogen and oxygen atoms in total. The van der Waals surface area contributed by atoms with Gasteiger partial charge in [0.2, 0.25) is 0 Å². The number of carboxylic acids is 1. The number of aryl methyl sites for hydroxylation is 1. The van der Waals surface area contributed by atoms with Crippen molar-refractivity contribution in [2.24, 2.45) is 0 Å². The Morgan fingerprint density at radius 3 is 3.06 bits per heavy atom. The molecular weight excluding hydrogens is 222 g/mol. The van der Waals surface area contributed by atoms with Gasteiger partial charge < -0.3 is 10.1 Å². The number of hydrogen-bond acceptors (Lipinski definition) is 2. The molecule has 1 aromatic heterocycles. The van der Waals surface area contributed by atoms with E-state index in [9.17, 15) is 4.79 Å². The molecule has 16 heavy (non-hydrogen) atoms. The highest BCUT2D eigenvalue weighted by Crippen LogP contribution is 2.28. The largest absolute Gasteiger partial charge is 0.481 e. The fraction of sp³-hybridized carbons (Fsp3) is 0.250. The molecule has 0 aliphatic carbocycles. The van der Waals surface area contributed by atoms with E-state index >= 15 is 0 Å². The molecule has 0 radical (unpaired) electrons. The summed E-state index contributed by atoms with van der Waals surface area (Å²) < 4.78 is 0. The molecule has 4 heteroatoms. The summed E-state index contributed by atoms with van der Waals surface area (Å²) >= 11 is 1.58. The Balaban J connectivity index is 2.17. The number of rotatable bonds is 4. The van der Waals surface area contributed by atoms with Crippen molar-refractivity contribution in [2.75, 3.05) is 5.75 Å². The maximum absolute atomic E-state index is 10.4. The van der Waals surface area contributed by atoms with Gasteiger partial charge in [-0.3, -0.25) is 4.79 Å². The molecule has 84 valence electrons. The zero-order chi connectivity index (χ0) is 11.5. The third-order valence-electron chi connectivity index (χ3n) is 2.37. The van der Waals surface area contributed by atoms with E-state index in [1.807, 2.05) is 12.3 Å². The molecule has 0 aliphatic heterocycles. The number of aromatic amines is 1. The SMILES string of the molecule is Cc1ccc2[nH]cc(SCCC(=O)O)c2c1. The molecule has 1 aromatic carbocycles. The van der Waals surface area contributed by atoms with Crippen molar-refractivity contribution in [3.63, 3.8) is 0 Å². The third-order valence-corrected chi connectivity index (χ3v) is 3.43. The Bertz CT molecular complexity index is 519. The van der Waals surface area contributed by atoms with E-state index < -0.39 is 5.97 Å². The second-order valence-electron chi connectivity index (χ2n) is 3.69. The number of fused-ring (bicyclic) bond motifs is 1. The van der Waals surface area contributed by atoms with Gasteiger partial charge in [-0.15, -0.1) is 11.8 Å². The highest BCUT2D eigenvalue weighted by atomic mass is 32.2. The number of nitrogens with one attached hydrogen (secondary N) is 1. The van der Waals surface area contributed by atoms with Crippen LogP contribution in [0.15, 0.2) is 29.3 Å². The molecule has 0 saturated heterocycles. The predicted octanol–water partition coefficient (Wildman–Crippen LogP) is 3.04. The van der Waals surface area contributed by atoms with E-state index in [4.69, 9.17) is 5.11 Å². The number of benzene rings is 1. The first-order valence-corrected chi connectivity index (χ1v) is 6.08. The number of carboxylic acid groups (broad SMARTS) is 1. The summed E-state index contributed by atoms with van der Waals surface area (Å²) in [4.78, 5) is 14.7. The predicted molar refractivity (Wildman–Crippen MR) is 66.0 cm³/mol. The van der Waals surface area contributed by atoms with E-state index in [-0.39, 0.29) is 6.42 Å². The summed E-state index contributed by atoms with van der Waals surface area (Å²) in [6.45, 7) is 2.05. The van der Waals surface area contributed by atoms with Crippen molar-refractivity contribution in [1.82, 2.24) is 4.98 Å². The van der Waals surface area contributed by atoms with Gasteiger partial charge in [0.25, 0.3) is 0 Å². The van der Waals surface area contributed by atoms with Crippen molar-refractivity contribution in [1.29, 1.82) is 0 Å². The fourth-order valence-electron chi connectivity index (χ4n) is 1.58. The summed E-state index contributed by atoms with van der Waals surface area (Å²) in [7, 11) is 0. The van der Waals surface area contributed by atoms with E-state index in [1.54, 1.807) is 11.8 Å². The summed E-state index contributed by atoms with van der Waals surface area (Å²) in [6.07, 6.45) is 2.14. The maximum atomic E-state index is 10.4. The van der Waals surface area contributed by atoms with Gasteiger partial charge in [0.05, 0.1) is 6.42 Å². The van der Waals surface area contributed by atoms with Crippen molar-refractivity contribution >= 4 is 28.6 Å². The Morgan fingerprint density at radius 1 is 1.50 bits per heavy atom. The highest BCUT2D eigenvalue weighted by molar-refractivity contribution is 7.99. The lowest BCUT2D eigenvalue weighted by molar-refractivity contribution is -0.136. The number of hydrogen-bond donors (Lipinski definition) is 2. The molecule has 0 amide bonds. The Kier molecular flexibility index (Phi) is 3.19. The van der Waals surface area contributed by atoms with Gasteiger partial charge in [0.15, 0.2) is 0 Å². The summed E-state index contributed by atoms with van der Waals surface area (Å²) in [6, 6.07) is 6.23. The van der Waals surface area contributed by atoms with Crippen molar-refractivity contribution < 1.29 is 9.90 Å². The average molecular weight is 235 g/mol. The van der Waals surface area contributed by atoms with E-state index in [2.05, 4.69) is 24.0 Å². The quantitative estimate of drug-likeness (QED) is 0.801. The van der Waals surface area contributed by atoms with Gasteiger partial charge in [0.1, 0.15) is 0 Å². The van der Waals surface area contributed by atoms with Crippen LogP contribution in [0.1, 0.15) is 12.0 Å². The molecule has 0 saturated carbocycles. The van der Waals surface area contributed by atoms with Crippen molar-refractivity contribution in [3.05, 3.63) is 30.0 Å². The number of aliphatic carboxylic acids is 1. The highest BCUT2D eigenvalue weighted by Gasteiger charge is 2.05. The zero-order valence-electron chi connectivity index (χ0n) is 8.99. The van der Waals surface area contributed by atoms with Crippen molar-refractivity contribution in [2.45, 2.75) is 18.2 Å². The second kappa shape index (κ2) is 4.61. The Labute approximate surface area is 97.9 Å². The molecule has 0 unspecified atom stereocenters. The zero-order valence-corrected chi connectivity index (χ0v) is 9.80. The van der Waals surface area contributed by atoms with Crippen LogP contribution in [-0.2, 0) is 4.79 Å². The third kappa shape index (κ3) is 2.39. The maximum Gasteiger partial charge on any atom is 0.304 e. The summed E-state index contributed by atoms with van der Waals surface area (Å²) in [5.41, 5.74) is 2.32. The summed E-state index contributed by atoms with van der Waals surface area (Å²) in [5, 5.41) is 9.75. The molecule has 0 atom stereocenters. The lowest BCUT2D eigenvalue weighted by Crippen LogP contribution is -1.95. The van der Waals surface area contributed by atoms with Gasteiger partial charge in [-0.05, 0) is 19.1 Å². The van der Waals surface area contributed by atoms with Gasteiger partial charge in [-0.1, -0.05) is 11.6 Å². The minimum absolute atomic E-state index is 0.198. The smallest absolute Gasteiger partial charge is 0.304 e. The van der Waals surface area contributed by atoms with E-state index in [0.717, 1.165) is 10.4 Å². The van der Waals surface area contributed by atoms with Crippen LogP contribution in [0, 0.1) is 6.92 Å². The first-order chi connectivity index (χ1) is 7.66. The van der Waals surface area contributed by atoms with Crippen LogP contribution in [0.3, 0.4) is 0 Å². The monoisotopic (exact) mass is 235 g/mol. The van der Waals surface area contributed by atoms with Crippen LogP contribution >= 0.6 is 11.8 Å². The van der Waals surface area contributed by atoms with Crippen LogP contribution in [0.4, 0.5) is 0 Å². The van der Waals surface area contributed by atoms with Crippen LogP contribution < -0.4 is 0 Å². The molecule has 2 N–H and O–H groups in total. The Hall–Kier alpha value is -1.42. The first kappa shape index (κ1) is 11.1. The van der Waals surface area contributed by atoms with Crippen molar-refractivity contribution in [3.8, 4) is 0 Å². The number of H-pyrrole nitrogens is 1. The van der Waals surface area contributed by atoms with Crippen LogP contribution in [0.25, 0.3) is 10.9 Å². The molecule has 0 fully saturated rings. The van der Waals surface area contributed by atoms with E-state index in [1.165, 1.54) is 10.9 Å².